The van der Waals surface area contributed by atoms with Gasteiger partial charge in [0.05, 0.1) is 6.54 Å². The van der Waals surface area contributed by atoms with Gasteiger partial charge in [-0.1, -0.05) is 42.5 Å². The highest BCUT2D eigenvalue weighted by molar-refractivity contribution is 5.96. The average Bonchev–Trinajstić information content (AvgIpc) is 2.61. The van der Waals surface area contributed by atoms with Gasteiger partial charge >= 0.3 is 0 Å². The number of nitrogens with zero attached hydrogens (tertiary/aromatic N) is 2. The maximum atomic E-state index is 13.1. The standard InChI is InChI=1S/C20H20N2O/c1-16-14-21-13-12-19(16)20(23)22(18-10-6-3-7-11-18)15-17-8-4-2-5-9-17/h2,4-6,8-14H,3,7,15H2,1H3. The van der Waals surface area contributed by atoms with E-state index in [0.29, 0.717) is 12.1 Å². The van der Waals surface area contributed by atoms with E-state index in [9.17, 15) is 4.79 Å². The number of aryl methyl sites for hydroxylation is 1. The van der Waals surface area contributed by atoms with E-state index in [-0.39, 0.29) is 5.91 Å². The number of allylic oxidation sites excluding steroid dienone is 3. The van der Waals surface area contributed by atoms with Crippen LogP contribution in [0.15, 0.2) is 72.7 Å². The number of hydrogen-bond donors (Lipinski definition) is 0. The second-order valence-corrected chi connectivity index (χ2v) is 5.68. The van der Waals surface area contributed by atoms with E-state index in [1.54, 1.807) is 18.5 Å². The van der Waals surface area contributed by atoms with Crippen LogP contribution in [0.25, 0.3) is 0 Å². The van der Waals surface area contributed by atoms with Gasteiger partial charge in [-0.2, -0.15) is 0 Å². The quantitative estimate of drug-likeness (QED) is 0.845. The topological polar surface area (TPSA) is 33.2 Å². The number of hydrogen-bond acceptors (Lipinski definition) is 2. The van der Waals surface area contributed by atoms with Crippen molar-refractivity contribution in [1.29, 1.82) is 0 Å². The Balaban J connectivity index is 1.95. The van der Waals surface area contributed by atoms with Crippen LogP contribution in [-0.2, 0) is 6.54 Å². The van der Waals surface area contributed by atoms with Crippen LogP contribution in [0.5, 0.6) is 0 Å². The van der Waals surface area contributed by atoms with Crippen LogP contribution >= 0.6 is 0 Å². The summed E-state index contributed by atoms with van der Waals surface area (Å²) in [5, 5.41) is 0. The third-order valence-corrected chi connectivity index (χ3v) is 3.97. The maximum Gasteiger partial charge on any atom is 0.258 e. The molecular weight excluding hydrogens is 284 g/mol. The number of rotatable bonds is 4. The molecule has 3 heteroatoms. The molecule has 0 bridgehead atoms. The van der Waals surface area contributed by atoms with E-state index in [2.05, 4.69) is 17.1 Å². The molecule has 116 valence electrons. The summed E-state index contributed by atoms with van der Waals surface area (Å²) in [6.45, 7) is 2.49. The van der Waals surface area contributed by atoms with Crippen LogP contribution < -0.4 is 0 Å². The Morgan fingerprint density at radius 3 is 2.70 bits per heavy atom. The van der Waals surface area contributed by atoms with Crippen molar-refractivity contribution in [3.63, 3.8) is 0 Å². The summed E-state index contributed by atoms with van der Waals surface area (Å²) < 4.78 is 0. The third kappa shape index (κ3) is 3.57. The fourth-order valence-electron chi connectivity index (χ4n) is 2.70. The molecule has 1 aromatic carbocycles. The number of amides is 1. The molecule has 1 heterocycles. The van der Waals surface area contributed by atoms with E-state index in [1.165, 1.54) is 0 Å². The molecule has 0 saturated carbocycles. The van der Waals surface area contributed by atoms with Crippen LogP contribution in [-0.4, -0.2) is 15.8 Å². The van der Waals surface area contributed by atoms with Gasteiger partial charge in [-0.3, -0.25) is 9.78 Å². The van der Waals surface area contributed by atoms with Crippen molar-refractivity contribution >= 4 is 5.91 Å². The molecule has 3 nitrogen and oxygen atoms in total. The highest BCUT2D eigenvalue weighted by Crippen LogP contribution is 2.21. The fourth-order valence-corrected chi connectivity index (χ4v) is 2.70. The van der Waals surface area contributed by atoms with Crippen molar-refractivity contribution in [3.8, 4) is 0 Å². The summed E-state index contributed by atoms with van der Waals surface area (Å²) in [4.78, 5) is 19.0. The first kappa shape index (κ1) is 15.2. The summed E-state index contributed by atoms with van der Waals surface area (Å²) in [6.07, 6.45) is 11.7. The smallest absolute Gasteiger partial charge is 0.258 e. The monoisotopic (exact) mass is 304 g/mol. The van der Waals surface area contributed by atoms with Crippen molar-refractivity contribution in [1.82, 2.24) is 9.88 Å². The van der Waals surface area contributed by atoms with Gasteiger partial charge in [-0.15, -0.1) is 0 Å². The van der Waals surface area contributed by atoms with Crippen molar-refractivity contribution in [2.45, 2.75) is 26.3 Å². The van der Waals surface area contributed by atoms with Crippen LogP contribution in [0.4, 0.5) is 0 Å². The van der Waals surface area contributed by atoms with Gasteiger partial charge in [0.15, 0.2) is 0 Å². The highest BCUT2D eigenvalue weighted by atomic mass is 16.2. The number of aromatic nitrogens is 1. The summed E-state index contributed by atoms with van der Waals surface area (Å²) in [6, 6.07) is 11.9. The molecule has 1 aliphatic carbocycles. The first-order valence-corrected chi connectivity index (χ1v) is 7.89. The molecule has 1 aliphatic rings. The Hall–Kier alpha value is -2.68. The van der Waals surface area contributed by atoms with Crippen molar-refractivity contribution < 1.29 is 4.79 Å². The van der Waals surface area contributed by atoms with Crippen molar-refractivity contribution in [2.75, 3.05) is 0 Å². The minimum Gasteiger partial charge on any atom is -0.304 e. The van der Waals surface area contributed by atoms with E-state index in [1.807, 2.05) is 48.2 Å². The maximum absolute atomic E-state index is 13.1. The van der Waals surface area contributed by atoms with Crippen molar-refractivity contribution in [2.24, 2.45) is 0 Å². The van der Waals surface area contributed by atoms with Crippen LogP contribution in [0, 0.1) is 6.92 Å². The first-order valence-electron chi connectivity index (χ1n) is 7.89. The Morgan fingerprint density at radius 1 is 1.17 bits per heavy atom. The van der Waals surface area contributed by atoms with E-state index in [4.69, 9.17) is 0 Å². The lowest BCUT2D eigenvalue weighted by atomic mass is 10.1. The fraction of sp³-hybridized carbons (Fsp3) is 0.200. The molecule has 23 heavy (non-hydrogen) atoms. The molecule has 0 unspecified atom stereocenters. The predicted molar refractivity (Wildman–Crippen MR) is 91.7 cm³/mol. The lowest BCUT2D eigenvalue weighted by molar-refractivity contribution is 0.0800. The zero-order valence-electron chi connectivity index (χ0n) is 13.3. The minimum absolute atomic E-state index is 0.0200. The van der Waals surface area contributed by atoms with Crippen LogP contribution in [0.3, 0.4) is 0 Å². The molecule has 1 amide bonds. The summed E-state index contributed by atoms with van der Waals surface area (Å²) in [5.41, 5.74) is 3.69. The molecule has 0 saturated heterocycles. The second kappa shape index (κ2) is 7.05. The Bertz CT molecular complexity index is 747. The molecule has 1 aromatic heterocycles. The largest absolute Gasteiger partial charge is 0.304 e. The van der Waals surface area contributed by atoms with Gasteiger partial charge in [0.1, 0.15) is 0 Å². The van der Waals surface area contributed by atoms with Gasteiger partial charge in [0.2, 0.25) is 0 Å². The molecule has 0 N–H and O–H groups in total. The molecular formula is C20H20N2O. The predicted octanol–water partition coefficient (Wildman–Crippen LogP) is 4.27. The number of carbonyl (C=O) groups excluding carboxylic acids is 1. The van der Waals surface area contributed by atoms with Gasteiger partial charge in [0, 0.05) is 23.7 Å². The Morgan fingerprint density at radius 2 is 2.00 bits per heavy atom. The van der Waals surface area contributed by atoms with Crippen molar-refractivity contribution in [3.05, 3.63) is 89.4 Å². The molecule has 3 rings (SSSR count). The molecule has 0 radical (unpaired) electrons. The van der Waals surface area contributed by atoms with Gasteiger partial charge in [-0.25, -0.2) is 0 Å². The zero-order chi connectivity index (χ0) is 16.1. The normalized spacial score (nSPS) is 13.5. The molecule has 0 aliphatic heterocycles. The lowest BCUT2D eigenvalue weighted by Gasteiger charge is -2.26. The van der Waals surface area contributed by atoms with E-state index >= 15 is 0 Å². The number of pyridine rings is 1. The SMILES string of the molecule is Cc1cnccc1C(=O)N(Cc1ccccc1)C1=CCCC=C1. The summed E-state index contributed by atoms with van der Waals surface area (Å²) in [7, 11) is 0. The lowest BCUT2D eigenvalue weighted by Crippen LogP contribution is -2.30. The Labute approximate surface area is 137 Å². The minimum atomic E-state index is 0.0200. The first-order chi connectivity index (χ1) is 11.3. The van der Waals surface area contributed by atoms with Gasteiger partial charge < -0.3 is 4.90 Å². The van der Waals surface area contributed by atoms with Gasteiger partial charge in [-0.05, 0) is 43.0 Å². The number of benzene rings is 1. The van der Waals surface area contributed by atoms with Gasteiger partial charge in [0.25, 0.3) is 5.91 Å². The average molecular weight is 304 g/mol. The summed E-state index contributed by atoms with van der Waals surface area (Å²) >= 11 is 0. The number of carbonyl (C=O) groups is 1. The van der Waals surface area contributed by atoms with Crippen LogP contribution in [0.2, 0.25) is 0 Å². The van der Waals surface area contributed by atoms with E-state index < -0.39 is 0 Å². The van der Waals surface area contributed by atoms with Crippen LogP contribution in [0.1, 0.15) is 34.3 Å². The second-order valence-electron chi connectivity index (χ2n) is 5.68. The molecule has 2 aromatic rings. The zero-order valence-corrected chi connectivity index (χ0v) is 13.3. The third-order valence-electron chi connectivity index (χ3n) is 3.97. The molecule has 0 atom stereocenters. The molecule has 0 spiro atoms. The van der Waals surface area contributed by atoms with E-state index in [0.717, 1.165) is 29.7 Å². The summed E-state index contributed by atoms with van der Waals surface area (Å²) in [5.74, 6) is 0.0200. The Kier molecular flexibility index (Phi) is 4.67. The molecule has 0 fully saturated rings. The highest BCUT2D eigenvalue weighted by Gasteiger charge is 2.21.